The van der Waals surface area contributed by atoms with Crippen molar-refractivity contribution in [1.82, 2.24) is 9.47 Å². The number of amides is 1. The third kappa shape index (κ3) is 2.95. The molecule has 1 aliphatic rings. The lowest BCUT2D eigenvalue weighted by Crippen LogP contribution is -2.37. The number of carbonyl (C=O) groups is 1. The molecule has 128 valence electrons. The third-order valence-electron chi connectivity index (χ3n) is 4.88. The summed E-state index contributed by atoms with van der Waals surface area (Å²) in [7, 11) is 1.69. The van der Waals surface area contributed by atoms with Crippen LogP contribution in [-0.2, 0) is 7.05 Å². The third-order valence-corrected chi connectivity index (χ3v) is 4.88. The fourth-order valence-corrected chi connectivity index (χ4v) is 3.30. The van der Waals surface area contributed by atoms with Gasteiger partial charge in [-0.25, -0.2) is 0 Å². The number of carbonyl (C=O) groups excluding carboxylic acids is 1. The van der Waals surface area contributed by atoms with E-state index >= 15 is 0 Å². The Morgan fingerprint density at radius 3 is 2.75 bits per heavy atom. The molecule has 1 aromatic heterocycles. The van der Waals surface area contributed by atoms with Gasteiger partial charge in [-0.3, -0.25) is 9.59 Å². The lowest BCUT2D eigenvalue weighted by molar-refractivity contribution is -0.0250. The second-order valence-corrected chi connectivity index (χ2v) is 6.50. The number of hydrogen-bond acceptors (Lipinski definition) is 4. The number of aliphatic hydroxyl groups is 2. The van der Waals surface area contributed by atoms with Gasteiger partial charge in [0.15, 0.2) is 0 Å². The molecule has 24 heavy (non-hydrogen) atoms. The van der Waals surface area contributed by atoms with Gasteiger partial charge in [-0.05, 0) is 25.3 Å². The second-order valence-electron chi connectivity index (χ2n) is 6.50. The number of aryl methyl sites for hydroxylation is 1. The van der Waals surface area contributed by atoms with E-state index in [4.69, 9.17) is 0 Å². The molecule has 0 spiro atoms. The van der Waals surface area contributed by atoms with Gasteiger partial charge in [0.05, 0.1) is 23.3 Å². The molecular formula is C18H22N2O4. The van der Waals surface area contributed by atoms with E-state index in [-0.39, 0.29) is 18.1 Å². The average Bonchev–Trinajstić information content (AvgIpc) is 2.80. The summed E-state index contributed by atoms with van der Waals surface area (Å²) < 4.78 is 1.53. The van der Waals surface area contributed by atoms with Crippen molar-refractivity contribution < 1.29 is 15.0 Å². The van der Waals surface area contributed by atoms with Crippen LogP contribution in [0.25, 0.3) is 10.9 Å². The highest BCUT2D eigenvalue weighted by atomic mass is 16.3. The van der Waals surface area contributed by atoms with E-state index in [0.29, 0.717) is 37.9 Å². The smallest absolute Gasteiger partial charge is 0.254 e. The van der Waals surface area contributed by atoms with E-state index in [0.717, 1.165) is 10.9 Å². The molecule has 6 heteroatoms. The first-order valence-electron chi connectivity index (χ1n) is 8.16. The van der Waals surface area contributed by atoms with Crippen LogP contribution < -0.4 is 5.56 Å². The average molecular weight is 330 g/mol. The molecule has 0 aliphatic carbocycles. The van der Waals surface area contributed by atoms with Crippen LogP contribution in [0, 0.1) is 0 Å². The zero-order valence-corrected chi connectivity index (χ0v) is 13.7. The number of benzene rings is 1. The molecule has 0 saturated carbocycles. The van der Waals surface area contributed by atoms with Crippen molar-refractivity contribution in [1.29, 1.82) is 0 Å². The van der Waals surface area contributed by atoms with Crippen molar-refractivity contribution in [3.63, 3.8) is 0 Å². The molecule has 2 aromatic rings. The standard InChI is InChI=1S/C18H22N2O4/c1-19-15-6-3-2-5-13(15)14(11-16(19)22)17(23)20-9-4-7-18(24,12-21)8-10-20/h2-3,5-6,11,21,24H,4,7-10,12H2,1H3/t18-/m1/s1. The van der Waals surface area contributed by atoms with Crippen LogP contribution in [0.4, 0.5) is 0 Å². The molecule has 2 N–H and O–H groups in total. The van der Waals surface area contributed by atoms with E-state index in [9.17, 15) is 19.8 Å². The van der Waals surface area contributed by atoms with Gasteiger partial charge in [0.1, 0.15) is 0 Å². The van der Waals surface area contributed by atoms with E-state index in [1.165, 1.54) is 10.6 Å². The fourth-order valence-electron chi connectivity index (χ4n) is 3.30. The molecule has 1 aliphatic heterocycles. The SMILES string of the molecule is Cn1c(=O)cc(C(=O)N2CCC[C@](O)(CO)CC2)c2ccccc21. The molecule has 0 unspecified atom stereocenters. The molecule has 1 saturated heterocycles. The summed E-state index contributed by atoms with van der Waals surface area (Å²) >= 11 is 0. The van der Waals surface area contributed by atoms with Gasteiger partial charge in [0, 0.05) is 31.6 Å². The summed E-state index contributed by atoms with van der Waals surface area (Å²) in [5.74, 6) is -0.203. The molecule has 6 nitrogen and oxygen atoms in total. The number of likely N-dealkylation sites (tertiary alicyclic amines) is 1. The van der Waals surface area contributed by atoms with Crippen molar-refractivity contribution in [2.75, 3.05) is 19.7 Å². The first-order valence-corrected chi connectivity index (χ1v) is 8.16. The van der Waals surface area contributed by atoms with Gasteiger partial charge in [-0.15, -0.1) is 0 Å². The van der Waals surface area contributed by atoms with Gasteiger partial charge in [-0.2, -0.15) is 0 Å². The van der Waals surface area contributed by atoms with Crippen LogP contribution in [-0.4, -0.2) is 50.9 Å². The Balaban J connectivity index is 1.98. The number of fused-ring (bicyclic) bond motifs is 1. The first-order chi connectivity index (χ1) is 11.4. The Hall–Kier alpha value is -2.18. The minimum atomic E-state index is -1.12. The molecule has 2 heterocycles. The number of nitrogens with zero attached hydrogens (tertiary/aromatic N) is 2. The highest BCUT2D eigenvalue weighted by molar-refractivity contribution is 6.06. The molecule has 1 amide bonds. The Labute approximate surface area is 139 Å². The maximum absolute atomic E-state index is 13.0. The molecule has 1 aromatic carbocycles. The fraction of sp³-hybridized carbons (Fsp3) is 0.444. The number of pyridine rings is 1. The predicted octanol–water partition coefficient (Wildman–Crippen LogP) is 0.888. The number of para-hydroxylation sites is 1. The van der Waals surface area contributed by atoms with Crippen LogP contribution in [0.5, 0.6) is 0 Å². The Bertz CT molecular complexity index is 829. The molecule has 0 bridgehead atoms. The zero-order valence-electron chi connectivity index (χ0n) is 13.7. The minimum Gasteiger partial charge on any atom is -0.393 e. The van der Waals surface area contributed by atoms with Crippen molar-refractivity contribution >= 4 is 16.8 Å². The van der Waals surface area contributed by atoms with Crippen LogP contribution in [0.2, 0.25) is 0 Å². The monoisotopic (exact) mass is 330 g/mol. The molecule has 1 atom stereocenters. The topological polar surface area (TPSA) is 82.8 Å². The van der Waals surface area contributed by atoms with Crippen molar-refractivity contribution in [3.05, 3.63) is 46.2 Å². The normalized spacial score (nSPS) is 21.7. The first kappa shape index (κ1) is 16.7. The highest BCUT2D eigenvalue weighted by Gasteiger charge is 2.31. The van der Waals surface area contributed by atoms with Gasteiger partial charge < -0.3 is 19.7 Å². The lowest BCUT2D eigenvalue weighted by Gasteiger charge is -2.24. The van der Waals surface area contributed by atoms with Crippen molar-refractivity contribution in [2.24, 2.45) is 7.05 Å². The second kappa shape index (κ2) is 6.37. The summed E-state index contributed by atoms with van der Waals surface area (Å²) in [6, 6.07) is 8.72. The molecular weight excluding hydrogens is 308 g/mol. The van der Waals surface area contributed by atoms with Gasteiger partial charge in [0.25, 0.3) is 11.5 Å². The van der Waals surface area contributed by atoms with Crippen LogP contribution in [0.15, 0.2) is 35.1 Å². The summed E-state index contributed by atoms with van der Waals surface area (Å²) in [5.41, 5.74) is -0.235. The maximum Gasteiger partial charge on any atom is 0.254 e. The molecule has 3 rings (SSSR count). The zero-order chi connectivity index (χ0) is 17.3. The van der Waals surface area contributed by atoms with E-state index in [1.54, 1.807) is 11.9 Å². The van der Waals surface area contributed by atoms with E-state index in [1.807, 2.05) is 24.3 Å². The largest absolute Gasteiger partial charge is 0.393 e. The molecule has 0 radical (unpaired) electrons. The summed E-state index contributed by atoms with van der Waals surface area (Å²) in [5, 5.41) is 20.3. The highest BCUT2D eigenvalue weighted by Crippen LogP contribution is 2.24. The van der Waals surface area contributed by atoms with Crippen molar-refractivity contribution in [2.45, 2.75) is 24.9 Å². The van der Waals surface area contributed by atoms with Gasteiger partial charge in [0.2, 0.25) is 0 Å². The van der Waals surface area contributed by atoms with Crippen LogP contribution in [0.3, 0.4) is 0 Å². The molecule has 1 fully saturated rings. The van der Waals surface area contributed by atoms with Crippen LogP contribution in [0.1, 0.15) is 29.6 Å². The van der Waals surface area contributed by atoms with Gasteiger partial charge >= 0.3 is 0 Å². The summed E-state index contributed by atoms with van der Waals surface area (Å²) in [4.78, 5) is 26.8. The number of rotatable bonds is 2. The van der Waals surface area contributed by atoms with Crippen LogP contribution >= 0.6 is 0 Å². The van der Waals surface area contributed by atoms with Crippen molar-refractivity contribution in [3.8, 4) is 0 Å². The summed E-state index contributed by atoms with van der Waals surface area (Å²) in [6.07, 6.45) is 1.41. The minimum absolute atomic E-state index is 0.203. The predicted molar refractivity (Wildman–Crippen MR) is 91.0 cm³/mol. The number of aliphatic hydroxyl groups excluding tert-OH is 1. The summed E-state index contributed by atoms with van der Waals surface area (Å²) in [6.45, 7) is 0.563. The van der Waals surface area contributed by atoms with E-state index in [2.05, 4.69) is 0 Å². The Morgan fingerprint density at radius 1 is 1.25 bits per heavy atom. The number of hydrogen-bond donors (Lipinski definition) is 2. The lowest BCUT2D eigenvalue weighted by atomic mass is 9.96. The van der Waals surface area contributed by atoms with E-state index < -0.39 is 5.60 Å². The number of aromatic nitrogens is 1. The Morgan fingerprint density at radius 2 is 2.00 bits per heavy atom. The maximum atomic E-state index is 13.0. The Kier molecular flexibility index (Phi) is 4.43. The van der Waals surface area contributed by atoms with Gasteiger partial charge in [-0.1, -0.05) is 18.2 Å². The quantitative estimate of drug-likeness (QED) is 0.857.